The lowest BCUT2D eigenvalue weighted by Gasteiger charge is -2.16. The molecule has 0 fully saturated rings. The SMILES string of the molecule is O=S(=O)(O)C1C2=NCN=CC2=CN1O. The minimum absolute atomic E-state index is 0.104. The Morgan fingerprint density at radius 2 is 2.29 bits per heavy atom. The van der Waals surface area contributed by atoms with Gasteiger partial charge in [0.15, 0.2) is 0 Å². The van der Waals surface area contributed by atoms with Gasteiger partial charge in [-0.15, -0.1) is 0 Å². The van der Waals surface area contributed by atoms with Crippen LogP contribution in [0.5, 0.6) is 0 Å². The van der Waals surface area contributed by atoms with Gasteiger partial charge in [-0.1, -0.05) is 0 Å². The summed E-state index contributed by atoms with van der Waals surface area (Å²) in [5.74, 6) is 0. The number of nitrogens with zero attached hydrogens (tertiary/aromatic N) is 3. The van der Waals surface area contributed by atoms with E-state index in [9.17, 15) is 13.6 Å². The molecule has 76 valence electrons. The van der Waals surface area contributed by atoms with Crippen LogP contribution in [-0.2, 0) is 10.1 Å². The quantitative estimate of drug-likeness (QED) is 0.564. The Morgan fingerprint density at radius 1 is 1.57 bits per heavy atom. The molecule has 0 aromatic heterocycles. The minimum atomic E-state index is -4.39. The molecule has 0 radical (unpaired) electrons. The Bertz CT molecular complexity index is 450. The van der Waals surface area contributed by atoms with Gasteiger partial charge in [0.25, 0.3) is 10.1 Å². The van der Waals surface area contributed by atoms with Gasteiger partial charge in [0.1, 0.15) is 6.67 Å². The number of hydrogen-bond donors (Lipinski definition) is 2. The number of rotatable bonds is 1. The smallest absolute Gasteiger partial charge is 0.287 e. The van der Waals surface area contributed by atoms with Crippen molar-refractivity contribution in [3.63, 3.8) is 0 Å². The predicted molar refractivity (Wildman–Crippen MR) is 47.8 cm³/mol. The van der Waals surface area contributed by atoms with Crippen LogP contribution in [0.15, 0.2) is 21.8 Å². The number of fused-ring (bicyclic) bond motifs is 1. The van der Waals surface area contributed by atoms with Crippen molar-refractivity contribution in [2.45, 2.75) is 5.37 Å². The van der Waals surface area contributed by atoms with Crippen LogP contribution in [0.4, 0.5) is 0 Å². The van der Waals surface area contributed by atoms with Gasteiger partial charge in [0, 0.05) is 18.0 Å². The average molecular weight is 217 g/mol. The molecule has 1 atom stereocenters. The maximum absolute atomic E-state index is 10.9. The molecule has 2 aliphatic heterocycles. The third-order valence-electron chi connectivity index (χ3n) is 1.88. The van der Waals surface area contributed by atoms with Gasteiger partial charge in [-0.25, -0.2) is 5.06 Å². The van der Waals surface area contributed by atoms with Crippen molar-refractivity contribution in [2.75, 3.05) is 6.67 Å². The van der Waals surface area contributed by atoms with E-state index in [1.165, 1.54) is 6.21 Å². The van der Waals surface area contributed by atoms with Gasteiger partial charge in [-0.3, -0.25) is 19.7 Å². The van der Waals surface area contributed by atoms with Gasteiger partial charge < -0.3 is 0 Å². The molecule has 2 aliphatic rings. The molecule has 0 amide bonds. The van der Waals surface area contributed by atoms with E-state index < -0.39 is 15.5 Å². The van der Waals surface area contributed by atoms with Crippen LogP contribution in [0.25, 0.3) is 0 Å². The molecular formula is C6H7N3O4S. The normalized spacial score (nSPS) is 25.9. The first-order chi connectivity index (χ1) is 6.50. The summed E-state index contributed by atoms with van der Waals surface area (Å²) in [6, 6.07) is 0. The van der Waals surface area contributed by atoms with Crippen LogP contribution >= 0.6 is 0 Å². The van der Waals surface area contributed by atoms with Crippen LogP contribution in [-0.4, -0.2) is 47.2 Å². The van der Waals surface area contributed by atoms with Crippen molar-refractivity contribution >= 4 is 22.0 Å². The lowest BCUT2D eigenvalue weighted by molar-refractivity contribution is -0.0344. The summed E-state index contributed by atoms with van der Waals surface area (Å²) >= 11 is 0. The molecule has 8 heteroatoms. The Hall–Kier alpha value is -1.25. The van der Waals surface area contributed by atoms with E-state index in [2.05, 4.69) is 9.98 Å². The first-order valence-electron chi connectivity index (χ1n) is 3.70. The van der Waals surface area contributed by atoms with Crippen molar-refractivity contribution in [3.05, 3.63) is 11.8 Å². The zero-order valence-electron chi connectivity index (χ0n) is 6.90. The fourth-order valence-corrected chi connectivity index (χ4v) is 2.17. The molecule has 0 aromatic carbocycles. The van der Waals surface area contributed by atoms with E-state index in [0.29, 0.717) is 10.6 Å². The molecule has 2 heterocycles. The van der Waals surface area contributed by atoms with Gasteiger partial charge in [-0.05, 0) is 0 Å². The van der Waals surface area contributed by atoms with E-state index >= 15 is 0 Å². The molecule has 7 nitrogen and oxygen atoms in total. The molecule has 0 aromatic rings. The van der Waals surface area contributed by atoms with E-state index in [4.69, 9.17) is 4.55 Å². The summed E-state index contributed by atoms with van der Waals surface area (Å²) in [6.07, 6.45) is 2.55. The predicted octanol–water partition coefficient (Wildman–Crippen LogP) is -0.728. The topological polar surface area (TPSA) is 103 Å². The van der Waals surface area contributed by atoms with Crippen LogP contribution < -0.4 is 0 Å². The Balaban J connectivity index is 2.46. The fraction of sp³-hybridized carbons (Fsp3) is 0.333. The number of hydrogen-bond acceptors (Lipinski definition) is 6. The molecule has 14 heavy (non-hydrogen) atoms. The first kappa shape index (κ1) is 9.31. The van der Waals surface area contributed by atoms with E-state index in [1.54, 1.807) is 0 Å². The lowest BCUT2D eigenvalue weighted by Crippen LogP contribution is -2.38. The summed E-state index contributed by atoms with van der Waals surface area (Å²) in [5.41, 5.74) is 0.506. The molecule has 0 spiro atoms. The lowest BCUT2D eigenvalue weighted by atomic mass is 10.2. The van der Waals surface area contributed by atoms with Crippen LogP contribution in [0, 0.1) is 0 Å². The van der Waals surface area contributed by atoms with Crippen molar-refractivity contribution in [3.8, 4) is 0 Å². The number of hydroxylamine groups is 2. The second-order valence-corrected chi connectivity index (χ2v) is 4.30. The molecule has 0 bridgehead atoms. The van der Waals surface area contributed by atoms with Crippen molar-refractivity contribution in [1.29, 1.82) is 0 Å². The highest BCUT2D eigenvalue weighted by Crippen LogP contribution is 2.21. The molecule has 0 saturated heterocycles. The summed E-state index contributed by atoms with van der Waals surface area (Å²) in [4.78, 5) is 7.58. The van der Waals surface area contributed by atoms with Gasteiger partial charge in [-0.2, -0.15) is 8.42 Å². The van der Waals surface area contributed by atoms with Gasteiger partial charge in [0.2, 0.25) is 5.37 Å². The van der Waals surface area contributed by atoms with E-state index in [1.807, 2.05) is 0 Å². The fourth-order valence-electron chi connectivity index (χ4n) is 1.35. The van der Waals surface area contributed by atoms with Crippen molar-refractivity contribution in [2.24, 2.45) is 9.98 Å². The second kappa shape index (κ2) is 2.87. The molecule has 1 unspecified atom stereocenters. The third-order valence-corrected chi connectivity index (χ3v) is 2.88. The summed E-state index contributed by atoms with van der Waals surface area (Å²) in [5, 5.41) is 8.11. The largest absolute Gasteiger partial charge is 0.294 e. The highest BCUT2D eigenvalue weighted by Gasteiger charge is 2.40. The van der Waals surface area contributed by atoms with Crippen molar-refractivity contribution in [1.82, 2.24) is 5.06 Å². The summed E-state index contributed by atoms with van der Waals surface area (Å²) in [7, 11) is -4.39. The Labute approximate surface area is 79.8 Å². The monoisotopic (exact) mass is 217 g/mol. The molecule has 2 N–H and O–H groups in total. The third kappa shape index (κ3) is 1.33. The molecular weight excluding hydrogens is 210 g/mol. The van der Waals surface area contributed by atoms with Crippen LogP contribution in [0.1, 0.15) is 0 Å². The molecule has 0 saturated carbocycles. The Morgan fingerprint density at radius 3 is 2.93 bits per heavy atom. The standard InChI is InChI=1S/C6H7N3O4S/c10-9-2-4-1-7-3-8-5(4)6(9)14(11,12)13/h1-2,6,10H,3H2,(H,11,12,13). The summed E-state index contributed by atoms with van der Waals surface area (Å²) < 4.78 is 30.6. The van der Waals surface area contributed by atoms with Gasteiger partial charge in [0.05, 0.1) is 5.71 Å². The van der Waals surface area contributed by atoms with E-state index in [-0.39, 0.29) is 12.4 Å². The summed E-state index contributed by atoms with van der Waals surface area (Å²) in [6.45, 7) is 0.104. The van der Waals surface area contributed by atoms with E-state index in [0.717, 1.165) is 6.20 Å². The van der Waals surface area contributed by atoms with Gasteiger partial charge >= 0.3 is 0 Å². The second-order valence-electron chi connectivity index (χ2n) is 2.83. The zero-order valence-corrected chi connectivity index (χ0v) is 7.72. The van der Waals surface area contributed by atoms with Crippen LogP contribution in [0.2, 0.25) is 0 Å². The first-order valence-corrected chi connectivity index (χ1v) is 5.20. The zero-order chi connectivity index (χ0) is 10.3. The highest BCUT2D eigenvalue weighted by molar-refractivity contribution is 7.87. The van der Waals surface area contributed by atoms with Crippen molar-refractivity contribution < 1.29 is 18.2 Å². The Kier molecular flexibility index (Phi) is 1.91. The maximum Gasteiger partial charge on any atom is 0.294 e. The van der Waals surface area contributed by atoms with Crippen LogP contribution in [0.3, 0.4) is 0 Å². The average Bonchev–Trinajstić information content (AvgIpc) is 2.38. The molecule has 0 aliphatic carbocycles. The molecule has 2 rings (SSSR count). The maximum atomic E-state index is 10.9. The minimum Gasteiger partial charge on any atom is -0.287 e. The highest BCUT2D eigenvalue weighted by atomic mass is 32.2. The number of aliphatic imine (C=N–C) groups is 2.